The zero-order valence-electron chi connectivity index (χ0n) is 11.4. The topological polar surface area (TPSA) is 33.5 Å². The molecular weight excluding hydrogens is 226 g/mol. The van der Waals surface area contributed by atoms with Gasteiger partial charge < -0.3 is 9.32 Å². The lowest BCUT2D eigenvalue weighted by atomic mass is 10.1. The molecule has 2 aromatic rings. The molecule has 0 aliphatic carbocycles. The standard InChI is InChI=1S/C15H19NO2/c1-5-16(10(2)3)12-6-7-13-11(4)8-15(17)18-14(13)9-12/h6-10H,5H2,1-4H3. The van der Waals surface area contributed by atoms with Gasteiger partial charge in [-0.1, -0.05) is 0 Å². The highest BCUT2D eigenvalue weighted by molar-refractivity contribution is 5.83. The van der Waals surface area contributed by atoms with Crippen LogP contribution in [-0.4, -0.2) is 12.6 Å². The van der Waals surface area contributed by atoms with Crippen LogP contribution in [0, 0.1) is 6.92 Å². The second kappa shape index (κ2) is 4.84. The van der Waals surface area contributed by atoms with Gasteiger partial charge in [-0.2, -0.15) is 0 Å². The van der Waals surface area contributed by atoms with E-state index in [0.29, 0.717) is 11.6 Å². The lowest BCUT2D eigenvalue weighted by Crippen LogP contribution is -2.30. The first-order valence-electron chi connectivity index (χ1n) is 6.34. The molecule has 0 saturated carbocycles. The SMILES string of the molecule is CCN(c1ccc2c(C)cc(=O)oc2c1)C(C)C. The minimum absolute atomic E-state index is 0.287. The third kappa shape index (κ3) is 2.26. The van der Waals surface area contributed by atoms with Crippen molar-refractivity contribution < 1.29 is 4.42 Å². The number of rotatable bonds is 3. The molecule has 0 aliphatic heterocycles. The highest BCUT2D eigenvalue weighted by atomic mass is 16.4. The van der Waals surface area contributed by atoms with Gasteiger partial charge in [0.1, 0.15) is 5.58 Å². The first-order valence-corrected chi connectivity index (χ1v) is 6.34. The quantitative estimate of drug-likeness (QED) is 0.778. The fraction of sp³-hybridized carbons (Fsp3) is 0.400. The van der Waals surface area contributed by atoms with Crippen LogP contribution in [0.25, 0.3) is 11.0 Å². The van der Waals surface area contributed by atoms with Crippen LogP contribution in [0.4, 0.5) is 5.69 Å². The molecule has 0 saturated heterocycles. The minimum Gasteiger partial charge on any atom is -0.423 e. The van der Waals surface area contributed by atoms with Gasteiger partial charge >= 0.3 is 5.63 Å². The minimum atomic E-state index is -0.287. The molecule has 3 nitrogen and oxygen atoms in total. The predicted molar refractivity (Wildman–Crippen MR) is 75.4 cm³/mol. The van der Waals surface area contributed by atoms with E-state index >= 15 is 0 Å². The zero-order valence-corrected chi connectivity index (χ0v) is 11.4. The molecule has 2 rings (SSSR count). The largest absolute Gasteiger partial charge is 0.423 e. The molecule has 0 bridgehead atoms. The van der Waals surface area contributed by atoms with Crippen molar-refractivity contribution in [1.29, 1.82) is 0 Å². The third-order valence-corrected chi connectivity index (χ3v) is 3.23. The molecule has 0 amide bonds. The molecule has 1 aromatic heterocycles. The van der Waals surface area contributed by atoms with Crippen molar-refractivity contribution in [2.24, 2.45) is 0 Å². The average molecular weight is 245 g/mol. The molecule has 0 N–H and O–H groups in total. The van der Waals surface area contributed by atoms with Crippen LogP contribution in [0.1, 0.15) is 26.3 Å². The molecule has 0 aliphatic rings. The summed E-state index contributed by atoms with van der Waals surface area (Å²) >= 11 is 0. The number of benzene rings is 1. The summed E-state index contributed by atoms with van der Waals surface area (Å²) in [5.41, 5.74) is 2.43. The molecule has 0 unspecified atom stereocenters. The fourth-order valence-electron chi connectivity index (χ4n) is 2.34. The predicted octanol–water partition coefficient (Wildman–Crippen LogP) is 3.34. The van der Waals surface area contributed by atoms with Crippen LogP contribution >= 0.6 is 0 Å². The van der Waals surface area contributed by atoms with Crippen molar-refractivity contribution in [1.82, 2.24) is 0 Å². The average Bonchev–Trinajstić information content (AvgIpc) is 2.28. The Kier molecular flexibility index (Phi) is 3.41. The van der Waals surface area contributed by atoms with E-state index < -0.39 is 0 Å². The second-order valence-corrected chi connectivity index (χ2v) is 4.81. The van der Waals surface area contributed by atoms with E-state index in [1.165, 1.54) is 6.07 Å². The molecule has 0 spiro atoms. The monoisotopic (exact) mass is 245 g/mol. The molecule has 96 valence electrons. The van der Waals surface area contributed by atoms with Crippen molar-refractivity contribution in [3.63, 3.8) is 0 Å². The summed E-state index contributed by atoms with van der Waals surface area (Å²) in [4.78, 5) is 13.7. The molecule has 3 heteroatoms. The molecule has 0 atom stereocenters. The van der Waals surface area contributed by atoms with Crippen molar-refractivity contribution in [3.05, 3.63) is 40.2 Å². The highest BCUT2D eigenvalue weighted by Gasteiger charge is 2.10. The Morgan fingerprint density at radius 1 is 1.28 bits per heavy atom. The lowest BCUT2D eigenvalue weighted by molar-refractivity contribution is 0.559. The smallest absolute Gasteiger partial charge is 0.336 e. The summed E-state index contributed by atoms with van der Waals surface area (Å²) in [7, 11) is 0. The Balaban J connectivity index is 2.59. The van der Waals surface area contributed by atoms with Gasteiger partial charge in [-0.05, 0) is 45.4 Å². The second-order valence-electron chi connectivity index (χ2n) is 4.81. The van der Waals surface area contributed by atoms with Gasteiger partial charge in [0.05, 0.1) is 0 Å². The van der Waals surface area contributed by atoms with Crippen LogP contribution in [0.15, 0.2) is 33.5 Å². The van der Waals surface area contributed by atoms with Crippen molar-refractivity contribution >= 4 is 16.7 Å². The summed E-state index contributed by atoms with van der Waals surface area (Å²) in [6.07, 6.45) is 0. The number of hydrogen-bond donors (Lipinski definition) is 0. The van der Waals surface area contributed by atoms with Crippen LogP contribution in [0.3, 0.4) is 0 Å². The maximum Gasteiger partial charge on any atom is 0.336 e. The van der Waals surface area contributed by atoms with Gasteiger partial charge in [0.2, 0.25) is 0 Å². The van der Waals surface area contributed by atoms with Crippen molar-refractivity contribution in [2.45, 2.75) is 33.7 Å². The van der Waals surface area contributed by atoms with Crippen LogP contribution in [-0.2, 0) is 0 Å². The van der Waals surface area contributed by atoms with Crippen LogP contribution < -0.4 is 10.5 Å². The van der Waals surface area contributed by atoms with Gasteiger partial charge in [0, 0.05) is 35.8 Å². The van der Waals surface area contributed by atoms with E-state index in [2.05, 4.69) is 31.7 Å². The number of hydrogen-bond acceptors (Lipinski definition) is 3. The van der Waals surface area contributed by atoms with E-state index in [1.54, 1.807) is 0 Å². The number of nitrogens with zero attached hydrogens (tertiary/aromatic N) is 1. The maximum absolute atomic E-state index is 11.4. The molecule has 0 radical (unpaired) electrons. The Morgan fingerprint density at radius 3 is 2.61 bits per heavy atom. The molecule has 1 heterocycles. The Hall–Kier alpha value is -1.77. The Labute approximate surface area is 107 Å². The van der Waals surface area contributed by atoms with Crippen LogP contribution in [0.5, 0.6) is 0 Å². The molecule has 18 heavy (non-hydrogen) atoms. The number of aryl methyl sites for hydroxylation is 1. The maximum atomic E-state index is 11.4. The van der Waals surface area contributed by atoms with E-state index in [-0.39, 0.29) is 5.63 Å². The van der Waals surface area contributed by atoms with E-state index in [0.717, 1.165) is 23.2 Å². The first kappa shape index (κ1) is 12.7. The molecule has 1 aromatic carbocycles. The van der Waals surface area contributed by atoms with E-state index in [4.69, 9.17) is 4.42 Å². The Bertz CT molecular complexity index is 613. The van der Waals surface area contributed by atoms with Gasteiger partial charge in [-0.25, -0.2) is 4.79 Å². The van der Waals surface area contributed by atoms with Gasteiger partial charge in [-0.15, -0.1) is 0 Å². The van der Waals surface area contributed by atoms with Crippen molar-refractivity contribution in [2.75, 3.05) is 11.4 Å². The third-order valence-electron chi connectivity index (χ3n) is 3.23. The van der Waals surface area contributed by atoms with Gasteiger partial charge in [0.25, 0.3) is 0 Å². The number of anilines is 1. The summed E-state index contributed by atoms with van der Waals surface area (Å²) < 4.78 is 5.28. The molecular formula is C15H19NO2. The summed E-state index contributed by atoms with van der Waals surface area (Å²) in [6.45, 7) is 9.29. The fourth-order valence-corrected chi connectivity index (χ4v) is 2.34. The zero-order chi connectivity index (χ0) is 13.3. The summed E-state index contributed by atoms with van der Waals surface area (Å²) in [6, 6.07) is 8.01. The van der Waals surface area contributed by atoms with Gasteiger partial charge in [0.15, 0.2) is 0 Å². The lowest BCUT2D eigenvalue weighted by Gasteiger charge is -2.27. The summed E-state index contributed by atoms with van der Waals surface area (Å²) in [5, 5.41) is 0.998. The van der Waals surface area contributed by atoms with Gasteiger partial charge in [-0.3, -0.25) is 0 Å². The molecule has 0 fully saturated rings. The summed E-state index contributed by atoms with van der Waals surface area (Å²) in [5.74, 6) is 0. The number of fused-ring (bicyclic) bond motifs is 1. The van der Waals surface area contributed by atoms with E-state index in [1.807, 2.05) is 19.1 Å². The highest BCUT2D eigenvalue weighted by Crippen LogP contribution is 2.24. The van der Waals surface area contributed by atoms with E-state index in [9.17, 15) is 4.79 Å². The Morgan fingerprint density at radius 2 is 2.00 bits per heavy atom. The normalized spacial score (nSPS) is 11.2. The first-order chi connectivity index (χ1) is 8.52. The van der Waals surface area contributed by atoms with Crippen molar-refractivity contribution in [3.8, 4) is 0 Å². The van der Waals surface area contributed by atoms with Crippen LogP contribution in [0.2, 0.25) is 0 Å².